The monoisotopic (exact) mass is 568 g/mol. The van der Waals surface area contributed by atoms with E-state index in [2.05, 4.69) is 9.88 Å². The van der Waals surface area contributed by atoms with Crippen LogP contribution in [0.3, 0.4) is 0 Å². The Kier molecular flexibility index (Phi) is 8.14. The average Bonchev–Trinajstić information content (AvgIpc) is 2.93. The Hall–Kier alpha value is -3.49. The van der Waals surface area contributed by atoms with Gasteiger partial charge in [0.2, 0.25) is 0 Å². The standard InChI is InChI=1S/C29H30Cl2N4O4/c1-33(24-16-20(30)15-21(31)17-24)28(36)35(23-9-13-34(14-10-23)22-7-11-32-12-8-22)27-4-2-3-19-5-6-25(18-26(19)27)39-29(37)38/h5-8,11-12,15-18,23,27H,2-4,9-10,13-14H2,1H3,(H,37,38). The minimum absolute atomic E-state index is 0.0207. The third-order valence-electron chi connectivity index (χ3n) is 7.57. The highest BCUT2D eigenvalue weighted by molar-refractivity contribution is 6.35. The number of amides is 2. The van der Waals surface area contributed by atoms with Crippen molar-refractivity contribution in [3.8, 4) is 5.75 Å². The maximum absolute atomic E-state index is 14.3. The van der Waals surface area contributed by atoms with Crippen molar-refractivity contribution in [1.82, 2.24) is 9.88 Å². The molecule has 0 spiro atoms. The maximum Gasteiger partial charge on any atom is 0.511 e. The van der Waals surface area contributed by atoms with Gasteiger partial charge in [-0.2, -0.15) is 0 Å². The number of nitrogens with zero attached hydrogens (tertiary/aromatic N) is 4. The van der Waals surface area contributed by atoms with Crippen LogP contribution in [0.5, 0.6) is 5.75 Å². The number of rotatable bonds is 5. The zero-order valence-electron chi connectivity index (χ0n) is 21.6. The Bertz CT molecular complexity index is 1330. The highest BCUT2D eigenvalue weighted by Gasteiger charge is 2.38. The maximum atomic E-state index is 14.3. The molecule has 5 rings (SSSR count). The second kappa shape index (κ2) is 11.7. The molecule has 39 heavy (non-hydrogen) atoms. The molecule has 2 amide bonds. The summed E-state index contributed by atoms with van der Waals surface area (Å²) in [6, 6.07) is 14.0. The molecule has 204 valence electrons. The lowest BCUT2D eigenvalue weighted by atomic mass is 9.85. The Labute approximate surface area is 237 Å². The number of carbonyl (C=O) groups excluding carboxylic acids is 1. The van der Waals surface area contributed by atoms with E-state index in [0.717, 1.165) is 62.0 Å². The van der Waals surface area contributed by atoms with Crippen LogP contribution < -0.4 is 14.5 Å². The number of fused-ring (bicyclic) bond motifs is 1. The molecule has 1 aliphatic heterocycles. The van der Waals surface area contributed by atoms with Crippen LogP contribution in [0.15, 0.2) is 60.9 Å². The van der Waals surface area contributed by atoms with Crippen LogP contribution in [0.4, 0.5) is 21.0 Å². The van der Waals surface area contributed by atoms with Gasteiger partial charge in [0.1, 0.15) is 5.75 Å². The number of hydrogen-bond acceptors (Lipinski definition) is 5. The minimum atomic E-state index is -1.36. The number of benzene rings is 2. The van der Waals surface area contributed by atoms with Crippen molar-refractivity contribution in [2.75, 3.05) is 29.9 Å². The number of urea groups is 1. The fourth-order valence-electron chi connectivity index (χ4n) is 5.72. The first-order chi connectivity index (χ1) is 18.8. The molecular formula is C29H30Cl2N4O4. The molecule has 3 aromatic rings. The summed E-state index contributed by atoms with van der Waals surface area (Å²) in [5.41, 5.74) is 3.76. The van der Waals surface area contributed by atoms with Gasteiger partial charge in [-0.05, 0) is 85.7 Å². The first-order valence-corrected chi connectivity index (χ1v) is 13.8. The molecular weight excluding hydrogens is 539 g/mol. The predicted molar refractivity (Wildman–Crippen MR) is 152 cm³/mol. The molecule has 8 nitrogen and oxygen atoms in total. The number of anilines is 2. The molecule has 10 heteroatoms. The second-order valence-corrected chi connectivity index (χ2v) is 10.8. The van der Waals surface area contributed by atoms with E-state index in [9.17, 15) is 14.7 Å². The molecule has 1 atom stereocenters. The van der Waals surface area contributed by atoms with Crippen molar-refractivity contribution in [3.05, 3.63) is 82.1 Å². The van der Waals surface area contributed by atoms with E-state index in [1.165, 1.54) is 0 Å². The van der Waals surface area contributed by atoms with Crippen LogP contribution >= 0.6 is 23.2 Å². The zero-order chi connectivity index (χ0) is 27.5. The molecule has 0 saturated carbocycles. The lowest BCUT2D eigenvalue weighted by Crippen LogP contribution is -2.53. The van der Waals surface area contributed by atoms with Gasteiger partial charge >= 0.3 is 12.2 Å². The molecule has 1 fully saturated rings. The minimum Gasteiger partial charge on any atom is -0.449 e. The van der Waals surface area contributed by atoms with Gasteiger partial charge in [-0.3, -0.25) is 9.88 Å². The van der Waals surface area contributed by atoms with Gasteiger partial charge in [0, 0.05) is 60.0 Å². The van der Waals surface area contributed by atoms with E-state index in [4.69, 9.17) is 27.9 Å². The summed E-state index contributed by atoms with van der Waals surface area (Å²) >= 11 is 12.5. The van der Waals surface area contributed by atoms with Crippen LogP contribution in [0.25, 0.3) is 0 Å². The van der Waals surface area contributed by atoms with Crippen molar-refractivity contribution < 1.29 is 19.4 Å². The van der Waals surface area contributed by atoms with E-state index in [-0.39, 0.29) is 23.9 Å². The number of aryl methyl sites for hydroxylation is 1. The summed E-state index contributed by atoms with van der Waals surface area (Å²) in [6.45, 7) is 1.60. The third-order valence-corrected chi connectivity index (χ3v) is 8.01. The summed E-state index contributed by atoms with van der Waals surface area (Å²) in [7, 11) is 1.73. The molecule has 1 saturated heterocycles. The molecule has 2 heterocycles. The smallest absolute Gasteiger partial charge is 0.449 e. The van der Waals surface area contributed by atoms with Crippen molar-refractivity contribution in [2.24, 2.45) is 0 Å². The van der Waals surface area contributed by atoms with Crippen LogP contribution in [0.2, 0.25) is 10.0 Å². The summed E-state index contributed by atoms with van der Waals surface area (Å²) in [5, 5.41) is 10.1. The number of piperidine rings is 1. The number of pyridine rings is 1. The second-order valence-electron chi connectivity index (χ2n) is 9.94. The Morgan fingerprint density at radius 1 is 1.00 bits per heavy atom. The largest absolute Gasteiger partial charge is 0.511 e. The quantitative estimate of drug-likeness (QED) is 0.262. The van der Waals surface area contributed by atoms with Gasteiger partial charge in [0.05, 0.1) is 6.04 Å². The van der Waals surface area contributed by atoms with Gasteiger partial charge in [0.25, 0.3) is 0 Å². The summed E-state index contributed by atoms with van der Waals surface area (Å²) in [6.07, 6.45) is 6.34. The fourth-order valence-corrected chi connectivity index (χ4v) is 6.24. The zero-order valence-corrected chi connectivity index (χ0v) is 23.1. The summed E-state index contributed by atoms with van der Waals surface area (Å²) in [4.78, 5) is 35.6. The molecule has 1 aliphatic carbocycles. The van der Waals surface area contributed by atoms with E-state index in [0.29, 0.717) is 15.7 Å². The normalized spacial score (nSPS) is 17.3. The van der Waals surface area contributed by atoms with Crippen LogP contribution in [-0.2, 0) is 6.42 Å². The lowest BCUT2D eigenvalue weighted by molar-refractivity contribution is 0.126. The lowest BCUT2D eigenvalue weighted by Gasteiger charge is -2.45. The fraction of sp³-hybridized carbons (Fsp3) is 0.345. The summed E-state index contributed by atoms with van der Waals surface area (Å²) < 4.78 is 4.98. The van der Waals surface area contributed by atoms with Crippen molar-refractivity contribution in [1.29, 1.82) is 0 Å². The topological polar surface area (TPSA) is 86.2 Å². The summed E-state index contributed by atoms with van der Waals surface area (Å²) in [5.74, 6) is 0.253. The molecule has 1 aromatic heterocycles. The molecule has 2 aromatic carbocycles. The van der Waals surface area contributed by atoms with Gasteiger partial charge in [-0.15, -0.1) is 0 Å². The Balaban J connectivity index is 1.49. The molecule has 2 aliphatic rings. The highest BCUT2D eigenvalue weighted by Crippen LogP contribution is 2.40. The molecule has 1 N–H and O–H groups in total. The van der Waals surface area contributed by atoms with Crippen LogP contribution in [0.1, 0.15) is 42.9 Å². The van der Waals surface area contributed by atoms with E-state index in [1.54, 1.807) is 54.7 Å². The van der Waals surface area contributed by atoms with Gasteiger partial charge in [-0.25, -0.2) is 9.59 Å². The average molecular weight is 569 g/mol. The third kappa shape index (κ3) is 6.07. The molecule has 0 radical (unpaired) electrons. The van der Waals surface area contributed by atoms with Gasteiger partial charge in [0.15, 0.2) is 0 Å². The SMILES string of the molecule is CN(C(=O)N(C1CCN(c2ccncc2)CC1)C1CCCc2ccc(OC(=O)O)cc21)c1cc(Cl)cc(Cl)c1. The van der Waals surface area contributed by atoms with E-state index in [1.807, 2.05) is 23.1 Å². The number of ether oxygens (including phenoxy) is 1. The predicted octanol–water partition coefficient (Wildman–Crippen LogP) is 7.05. The Morgan fingerprint density at radius 2 is 1.69 bits per heavy atom. The number of carbonyl (C=O) groups is 2. The Morgan fingerprint density at radius 3 is 2.36 bits per heavy atom. The van der Waals surface area contributed by atoms with Crippen molar-refractivity contribution >= 4 is 46.8 Å². The first kappa shape index (κ1) is 27.1. The van der Waals surface area contributed by atoms with Crippen LogP contribution in [0, 0.1) is 0 Å². The van der Waals surface area contributed by atoms with E-state index < -0.39 is 6.16 Å². The molecule has 1 unspecified atom stereocenters. The number of halogens is 2. The number of hydrogen-bond donors (Lipinski definition) is 1. The van der Waals surface area contributed by atoms with Crippen molar-refractivity contribution in [2.45, 2.75) is 44.2 Å². The number of aromatic nitrogens is 1. The molecule has 0 bridgehead atoms. The number of carboxylic acid groups (broad SMARTS) is 1. The van der Waals surface area contributed by atoms with Gasteiger partial charge < -0.3 is 19.6 Å². The van der Waals surface area contributed by atoms with Crippen molar-refractivity contribution in [3.63, 3.8) is 0 Å². The van der Waals surface area contributed by atoms with Crippen LogP contribution in [-0.4, -0.2) is 53.4 Å². The first-order valence-electron chi connectivity index (χ1n) is 13.0. The highest BCUT2D eigenvalue weighted by atomic mass is 35.5. The van der Waals surface area contributed by atoms with E-state index >= 15 is 0 Å². The van der Waals surface area contributed by atoms with Gasteiger partial charge in [-0.1, -0.05) is 29.3 Å².